The Balaban J connectivity index is 1.17. The number of aromatic nitrogens is 2. The molecule has 0 aliphatic carbocycles. The summed E-state index contributed by atoms with van der Waals surface area (Å²) in [6.07, 6.45) is 16.4. The second-order valence-electron chi connectivity index (χ2n) is 16.3. The maximum absolute atomic E-state index is 14.5. The van der Waals surface area contributed by atoms with Crippen molar-refractivity contribution >= 4 is 33.7 Å². The Morgan fingerprint density at radius 3 is 2.23 bits per heavy atom. The van der Waals surface area contributed by atoms with Gasteiger partial charge in [-0.1, -0.05) is 114 Å². The standard InChI is InChI=1S/C49H60N2O6/c1-6-7-8-9-10-11-12-13-14-15-16-21-31-55-47(52)37-23-18-17-22-36(37)33-56-48(53)46(57-49(3,4)5)42-34(2)51-40-25-20-19-24-38(40)44(42)39-26-27-41-43-35(29-32-54-41)28-30-50-45(39)43/h17-20,22-28,30,46H,6-16,21,29,31-33H2,1-5H3. The van der Waals surface area contributed by atoms with Gasteiger partial charge in [-0.05, 0) is 70.0 Å². The van der Waals surface area contributed by atoms with Gasteiger partial charge in [-0.2, -0.15) is 0 Å². The van der Waals surface area contributed by atoms with Crippen LogP contribution in [0.2, 0.25) is 0 Å². The molecule has 0 radical (unpaired) electrons. The third-order valence-electron chi connectivity index (χ3n) is 10.7. The summed E-state index contributed by atoms with van der Waals surface area (Å²) in [5, 5.41) is 1.85. The third kappa shape index (κ3) is 10.8. The topological polar surface area (TPSA) is 96.8 Å². The van der Waals surface area contributed by atoms with Crippen molar-refractivity contribution in [3.05, 3.63) is 101 Å². The molecule has 1 aliphatic heterocycles. The number of carbonyl (C=O) groups excluding carboxylic acids is 2. The molecule has 5 aromatic rings. The van der Waals surface area contributed by atoms with Crippen molar-refractivity contribution < 1.29 is 28.5 Å². The molecule has 0 saturated carbocycles. The predicted octanol–water partition coefficient (Wildman–Crippen LogP) is 12.2. The highest BCUT2D eigenvalue weighted by molar-refractivity contribution is 6.07. The quantitative estimate of drug-likeness (QED) is 0.0570. The number of aryl methyl sites for hydroxylation is 1. The van der Waals surface area contributed by atoms with Crippen LogP contribution < -0.4 is 4.74 Å². The summed E-state index contributed by atoms with van der Waals surface area (Å²) in [5.74, 6) is -0.193. The lowest BCUT2D eigenvalue weighted by molar-refractivity contribution is -0.168. The van der Waals surface area contributed by atoms with Crippen LogP contribution in [0.4, 0.5) is 0 Å². The number of benzene rings is 3. The van der Waals surface area contributed by atoms with E-state index in [9.17, 15) is 9.59 Å². The molecule has 8 heteroatoms. The first kappa shape index (κ1) is 41.8. The summed E-state index contributed by atoms with van der Waals surface area (Å²) in [6.45, 7) is 10.8. The normalized spacial score (nSPS) is 13.1. The second kappa shape index (κ2) is 20.0. The average molecular weight is 773 g/mol. The van der Waals surface area contributed by atoms with Crippen LogP contribution in [-0.4, -0.2) is 40.7 Å². The number of pyridine rings is 2. The highest BCUT2D eigenvalue weighted by Gasteiger charge is 2.35. The van der Waals surface area contributed by atoms with Crippen molar-refractivity contribution in [3.63, 3.8) is 0 Å². The van der Waals surface area contributed by atoms with Gasteiger partial charge in [-0.25, -0.2) is 9.59 Å². The predicted molar refractivity (Wildman–Crippen MR) is 228 cm³/mol. The summed E-state index contributed by atoms with van der Waals surface area (Å²) < 4.78 is 24.5. The molecular weight excluding hydrogens is 713 g/mol. The molecule has 8 nitrogen and oxygen atoms in total. The molecule has 0 N–H and O–H groups in total. The van der Waals surface area contributed by atoms with Gasteiger partial charge in [0.25, 0.3) is 0 Å². The van der Waals surface area contributed by atoms with E-state index in [0.29, 0.717) is 35.6 Å². The Morgan fingerprint density at radius 2 is 1.49 bits per heavy atom. The van der Waals surface area contributed by atoms with Gasteiger partial charge in [0.2, 0.25) is 0 Å². The molecule has 0 spiro atoms. The van der Waals surface area contributed by atoms with E-state index < -0.39 is 23.6 Å². The second-order valence-corrected chi connectivity index (χ2v) is 16.3. The number of carbonyl (C=O) groups is 2. The van der Waals surface area contributed by atoms with Crippen LogP contribution in [0.3, 0.4) is 0 Å². The van der Waals surface area contributed by atoms with E-state index in [-0.39, 0.29) is 6.61 Å². The Morgan fingerprint density at radius 1 is 0.807 bits per heavy atom. The first-order chi connectivity index (χ1) is 27.7. The Bertz CT molecular complexity index is 2130. The Labute approximate surface area is 338 Å². The number of rotatable bonds is 20. The Kier molecular flexibility index (Phi) is 14.7. The van der Waals surface area contributed by atoms with Gasteiger partial charge in [0.15, 0.2) is 6.10 Å². The van der Waals surface area contributed by atoms with Gasteiger partial charge in [0.05, 0.1) is 35.4 Å². The van der Waals surface area contributed by atoms with Gasteiger partial charge in [0, 0.05) is 51.3 Å². The monoisotopic (exact) mass is 772 g/mol. The van der Waals surface area contributed by atoms with Gasteiger partial charge in [0.1, 0.15) is 12.4 Å². The maximum Gasteiger partial charge on any atom is 0.340 e. The zero-order valence-electron chi connectivity index (χ0n) is 34.7. The summed E-state index contributed by atoms with van der Waals surface area (Å²) in [7, 11) is 0. The number of fused-ring (bicyclic) bond motifs is 1. The van der Waals surface area contributed by atoms with Gasteiger partial charge in [-0.3, -0.25) is 9.97 Å². The van der Waals surface area contributed by atoms with E-state index >= 15 is 0 Å². The fraction of sp³-hybridized carbons (Fsp3) is 0.469. The number of ether oxygens (including phenoxy) is 4. The van der Waals surface area contributed by atoms with Crippen LogP contribution >= 0.6 is 0 Å². The van der Waals surface area contributed by atoms with Gasteiger partial charge in [-0.15, -0.1) is 0 Å². The number of hydrogen-bond donors (Lipinski definition) is 0. The molecule has 2 aromatic heterocycles. The minimum absolute atomic E-state index is 0.123. The lowest BCUT2D eigenvalue weighted by Gasteiger charge is -2.29. The number of esters is 2. The van der Waals surface area contributed by atoms with Crippen molar-refractivity contribution in [1.82, 2.24) is 9.97 Å². The SMILES string of the molecule is CCCCCCCCCCCCCCOC(=O)c1ccccc1COC(=O)C(OC(C)(C)C)c1c(C)nc2ccccc2c1-c1ccc2c3c(ccnc13)CCO2. The molecule has 0 fully saturated rings. The summed E-state index contributed by atoms with van der Waals surface area (Å²) in [4.78, 5) is 37.6. The zero-order chi connectivity index (χ0) is 40.2. The van der Waals surface area contributed by atoms with Crippen LogP contribution in [0, 0.1) is 6.92 Å². The van der Waals surface area contributed by atoms with E-state index in [1.54, 1.807) is 18.2 Å². The minimum atomic E-state index is -1.14. The molecule has 6 rings (SSSR count). The molecule has 302 valence electrons. The van der Waals surface area contributed by atoms with Crippen LogP contribution in [0.25, 0.3) is 32.9 Å². The molecular formula is C49H60N2O6. The first-order valence-electron chi connectivity index (χ1n) is 21.2. The maximum atomic E-state index is 14.5. The van der Waals surface area contributed by atoms with Crippen molar-refractivity contribution in [2.24, 2.45) is 0 Å². The molecule has 57 heavy (non-hydrogen) atoms. The van der Waals surface area contributed by atoms with E-state index in [4.69, 9.17) is 28.9 Å². The molecule has 0 bridgehead atoms. The third-order valence-corrected chi connectivity index (χ3v) is 10.7. The molecule has 1 atom stereocenters. The molecule has 0 amide bonds. The smallest absolute Gasteiger partial charge is 0.340 e. The number of nitrogens with zero attached hydrogens (tertiary/aromatic N) is 2. The zero-order valence-corrected chi connectivity index (χ0v) is 34.7. The highest BCUT2D eigenvalue weighted by atomic mass is 16.6. The van der Waals surface area contributed by atoms with Crippen LogP contribution in [0.5, 0.6) is 5.75 Å². The first-order valence-corrected chi connectivity index (χ1v) is 21.2. The Hall–Kier alpha value is -4.82. The van der Waals surface area contributed by atoms with Crippen molar-refractivity contribution in [2.75, 3.05) is 13.2 Å². The van der Waals surface area contributed by atoms with E-state index in [1.807, 2.05) is 82.4 Å². The highest BCUT2D eigenvalue weighted by Crippen LogP contribution is 2.44. The van der Waals surface area contributed by atoms with E-state index in [1.165, 1.54) is 63.4 Å². The largest absolute Gasteiger partial charge is 0.493 e. The lowest BCUT2D eigenvalue weighted by Crippen LogP contribution is -2.30. The minimum Gasteiger partial charge on any atom is -0.493 e. The summed E-state index contributed by atoms with van der Waals surface area (Å²) in [5.41, 5.74) is 5.93. The molecule has 1 unspecified atom stereocenters. The number of para-hydroxylation sites is 1. The van der Waals surface area contributed by atoms with Crippen molar-refractivity contribution in [3.8, 4) is 16.9 Å². The molecule has 3 heterocycles. The van der Waals surface area contributed by atoms with E-state index in [2.05, 4.69) is 6.92 Å². The summed E-state index contributed by atoms with van der Waals surface area (Å²) in [6, 6.07) is 21.1. The van der Waals surface area contributed by atoms with Crippen LogP contribution in [-0.2, 0) is 32.0 Å². The van der Waals surface area contributed by atoms with Gasteiger partial charge < -0.3 is 18.9 Å². The van der Waals surface area contributed by atoms with Crippen LogP contribution in [0.1, 0.15) is 144 Å². The number of unbranched alkanes of at least 4 members (excludes halogenated alkanes) is 11. The van der Waals surface area contributed by atoms with Crippen molar-refractivity contribution in [2.45, 2.75) is 136 Å². The van der Waals surface area contributed by atoms with Crippen LogP contribution in [0.15, 0.2) is 72.9 Å². The molecule has 0 saturated heterocycles. The molecule has 3 aromatic carbocycles. The average Bonchev–Trinajstić information content (AvgIpc) is 3.20. The lowest BCUT2D eigenvalue weighted by atomic mass is 9.88. The molecule has 1 aliphatic rings. The summed E-state index contributed by atoms with van der Waals surface area (Å²) >= 11 is 0. The fourth-order valence-electron chi connectivity index (χ4n) is 7.90. The van der Waals surface area contributed by atoms with E-state index in [0.717, 1.165) is 64.4 Å². The fourth-order valence-corrected chi connectivity index (χ4v) is 7.90. The van der Waals surface area contributed by atoms with Crippen molar-refractivity contribution in [1.29, 1.82) is 0 Å². The number of hydrogen-bond acceptors (Lipinski definition) is 8. The van der Waals surface area contributed by atoms with Gasteiger partial charge >= 0.3 is 11.9 Å².